The number of carbonyl (C=O) groups excluding carboxylic acids is 3. The summed E-state index contributed by atoms with van der Waals surface area (Å²) in [5.74, 6) is -0.705. The van der Waals surface area contributed by atoms with Gasteiger partial charge in [0.05, 0.1) is 6.61 Å². The normalized spacial score (nSPS) is 16.4. The zero-order chi connectivity index (χ0) is 20.4. The fourth-order valence-electron chi connectivity index (χ4n) is 3.22. The SMILES string of the molecule is CCOC(=O)CNC(=O)N1CCC[C@H](CCC(=O)NCc2ccccc2F)C1. The maximum Gasteiger partial charge on any atom is 0.325 e. The molecule has 0 bridgehead atoms. The lowest BCUT2D eigenvalue weighted by Gasteiger charge is -2.32. The monoisotopic (exact) mass is 393 g/mol. The van der Waals surface area contributed by atoms with Crippen molar-refractivity contribution in [3.8, 4) is 0 Å². The summed E-state index contributed by atoms with van der Waals surface area (Å²) >= 11 is 0. The van der Waals surface area contributed by atoms with Crippen molar-refractivity contribution in [2.75, 3.05) is 26.2 Å². The quantitative estimate of drug-likeness (QED) is 0.663. The minimum Gasteiger partial charge on any atom is -0.465 e. The number of halogens is 1. The molecule has 0 aromatic heterocycles. The highest BCUT2D eigenvalue weighted by atomic mass is 19.1. The average molecular weight is 393 g/mol. The lowest BCUT2D eigenvalue weighted by atomic mass is 9.93. The van der Waals surface area contributed by atoms with Crippen LogP contribution >= 0.6 is 0 Å². The molecule has 1 heterocycles. The Morgan fingerprint density at radius 2 is 2.04 bits per heavy atom. The fraction of sp³-hybridized carbons (Fsp3) is 0.550. The second-order valence-electron chi connectivity index (χ2n) is 6.82. The molecule has 0 unspecified atom stereocenters. The van der Waals surface area contributed by atoms with Crippen LogP contribution in [0.3, 0.4) is 0 Å². The maximum atomic E-state index is 13.6. The highest BCUT2D eigenvalue weighted by molar-refractivity contribution is 5.81. The molecular formula is C20H28FN3O4. The summed E-state index contributed by atoms with van der Waals surface area (Å²) in [6.07, 6.45) is 2.79. The Bertz CT molecular complexity index is 683. The van der Waals surface area contributed by atoms with Gasteiger partial charge in [-0.15, -0.1) is 0 Å². The van der Waals surface area contributed by atoms with Gasteiger partial charge >= 0.3 is 12.0 Å². The molecule has 1 aliphatic heterocycles. The number of amides is 3. The van der Waals surface area contributed by atoms with Crippen molar-refractivity contribution < 1.29 is 23.5 Å². The molecule has 0 aliphatic carbocycles. The van der Waals surface area contributed by atoms with Crippen molar-refractivity contribution in [1.29, 1.82) is 0 Å². The molecule has 1 aromatic carbocycles. The third-order valence-corrected chi connectivity index (χ3v) is 4.71. The van der Waals surface area contributed by atoms with Gasteiger partial charge < -0.3 is 20.3 Å². The van der Waals surface area contributed by atoms with E-state index in [0.29, 0.717) is 31.5 Å². The first-order valence-corrected chi connectivity index (χ1v) is 9.68. The Hall–Kier alpha value is -2.64. The van der Waals surface area contributed by atoms with Crippen molar-refractivity contribution in [3.63, 3.8) is 0 Å². The third-order valence-electron chi connectivity index (χ3n) is 4.71. The van der Waals surface area contributed by atoms with E-state index in [1.807, 2.05) is 0 Å². The summed E-state index contributed by atoms with van der Waals surface area (Å²) in [5.41, 5.74) is 0.456. The highest BCUT2D eigenvalue weighted by Crippen LogP contribution is 2.21. The molecule has 1 atom stereocenters. The van der Waals surface area contributed by atoms with Gasteiger partial charge in [0.15, 0.2) is 0 Å². The number of ether oxygens (including phenoxy) is 1. The van der Waals surface area contributed by atoms with Crippen LogP contribution in [0.4, 0.5) is 9.18 Å². The number of carbonyl (C=O) groups is 3. The van der Waals surface area contributed by atoms with Crippen LogP contribution < -0.4 is 10.6 Å². The smallest absolute Gasteiger partial charge is 0.325 e. The van der Waals surface area contributed by atoms with Gasteiger partial charge in [0, 0.05) is 31.6 Å². The van der Waals surface area contributed by atoms with Crippen LogP contribution in [0.5, 0.6) is 0 Å². The number of benzene rings is 1. The molecule has 0 spiro atoms. The van der Waals surface area contributed by atoms with E-state index >= 15 is 0 Å². The molecule has 3 amide bonds. The lowest BCUT2D eigenvalue weighted by molar-refractivity contribution is -0.141. The molecule has 1 aromatic rings. The standard InChI is InChI=1S/C20H28FN3O4/c1-2-28-19(26)13-23-20(27)24-11-5-6-15(14-24)9-10-18(25)22-12-16-7-3-4-8-17(16)21/h3-4,7-8,15H,2,5-6,9-14H2,1H3,(H,22,25)(H,23,27)/t15-/m1/s1. The summed E-state index contributed by atoms with van der Waals surface area (Å²) in [7, 11) is 0. The van der Waals surface area contributed by atoms with E-state index in [0.717, 1.165) is 12.8 Å². The summed E-state index contributed by atoms with van der Waals surface area (Å²) in [4.78, 5) is 37.2. The first-order valence-electron chi connectivity index (χ1n) is 9.68. The van der Waals surface area contributed by atoms with Crippen molar-refractivity contribution in [3.05, 3.63) is 35.6 Å². The average Bonchev–Trinajstić information content (AvgIpc) is 2.70. The van der Waals surface area contributed by atoms with Crippen LogP contribution in [0.1, 0.15) is 38.2 Å². The first kappa shape index (κ1) is 21.7. The number of nitrogens with one attached hydrogen (secondary N) is 2. The molecule has 0 saturated carbocycles. The highest BCUT2D eigenvalue weighted by Gasteiger charge is 2.24. The summed E-state index contributed by atoms with van der Waals surface area (Å²) in [6, 6.07) is 6.06. The molecule has 2 N–H and O–H groups in total. The van der Waals surface area contributed by atoms with Gasteiger partial charge in [0.1, 0.15) is 12.4 Å². The fourth-order valence-corrected chi connectivity index (χ4v) is 3.22. The van der Waals surface area contributed by atoms with Gasteiger partial charge in [-0.25, -0.2) is 9.18 Å². The first-order chi connectivity index (χ1) is 13.5. The Labute approximate surface area is 164 Å². The minimum absolute atomic E-state index is 0.132. The number of urea groups is 1. The van der Waals surface area contributed by atoms with E-state index in [1.54, 1.807) is 30.0 Å². The van der Waals surface area contributed by atoms with Crippen LogP contribution in [-0.2, 0) is 20.9 Å². The summed E-state index contributed by atoms with van der Waals surface area (Å²) in [6.45, 7) is 3.19. The second-order valence-corrected chi connectivity index (χ2v) is 6.82. The zero-order valence-electron chi connectivity index (χ0n) is 16.2. The summed E-state index contributed by atoms with van der Waals surface area (Å²) < 4.78 is 18.4. The van der Waals surface area contributed by atoms with Crippen molar-refractivity contribution >= 4 is 17.9 Å². The number of hydrogen-bond donors (Lipinski definition) is 2. The molecule has 7 nitrogen and oxygen atoms in total. The van der Waals surface area contributed by atoms with Gasteiger partial charge in [-0.1, -0.05) is 18.2 Å². The molecule has 1 aliphatic rings. The number of likely N-dealkylation sites (tertiary alicyclic amines) is 1. The molecule has 28 heavy (non-hydrogen) atoms. The number of hydrogen-bond acceptors (Lipinski definition) is 4. The third kappa shape index (κ3) is 7.17. The molecular weight excluding hydrogens is 365 g/mol. The topological polar surface area (TPSA) is 87.7 Å². The maximum absolute atomic E-state index is 13.6. The van der Waals surface area contributed by atoms with Crippen LogP contribution in [0.15, 0.2) is 24.3 Å². The van der Waals surface area contributed by atoms with E-state index in [-0.39, 0.29) is 43.4 Å². The summed E-state index contributed by atoms with van der Waals surface area (Å²) in [5, 5.41) is 5.30. The predicted octanol–water partition coefficient (Wildman–Crippen LogP) is 2.21. The molecule has 1 saturated heterocycles. The Morgan fingerprint density at radius 3 is 2.79 bits per heavy atom. The van der Waals surface area contributed by atoms with E-state index in [2.05, 4.69) is 10.6 Å². The number of piperidine rings is 1. The predicted molar refractivity (Wildman–Crippen MR) is 102 cm³/mol. The van der Waals surface area contributed by atoms with Crippen molar-refractivity contribution in [2.24, 2.45) is 5.92 Å². The van der Waals surface area contributed by atoms with E-state index < -0.39 is 5.97 Å². The van der Waals surface area contributed by atoms with Crippen molar-refractivity contribution in [2.45, 2.75) is 39.2 Å². The van der Waals surface area contributed by atoms with Gasteiger partial charge in [-0.2, -0.15) is 0 Å². The molecule has 2 rings (SSSR count). The van der Waals surface area contributed by atoms with Crippen LogP contribution in [0.2, 0.25) is 0 Å². The second kappa shape index (κ2) is 11.3. The van der Waals surface area contributed by atoms with Gasteiger partial charge in [-0.05, 0) is 38.2 Å². The minimum atomic E-state index is -0.462. The molecule has 1 fully saturated rings. The Morgan fingerprint density at radius 1 is 1.25 bits per heavy atom. The Balaban J connectivity index is 1.69. The Kier molecular flexibility index (Phi) is 8.71. The molecule has 154 valence electrons. The van der Waals surface area contributed by atoms with Crippen LogP contribution in [-0.4, -0.2) is 49.0 Å². The number of nitrogens with zero attached hydrogens (tertiary/aromatic N) is 1. The molecule has 8 heteroatoms. The molecule has 0 radical (unpaired) electrons. The number of esters is 1. The van der Waals surface area contributed by atoms with E-state index in [4.69, 9.17) is 4.74 Å². The van der Waals surface area contributed by atoms with Crippen LogP contribution in [0, 0.1) is 11.7 Å². The van der Waals surface area contributed by atoms with E-state index in [9.17, 15) is 18.8 Å². The van der Waals surface area contributed by atoms with Gasteiger partial charge in [0.25, 0.3) is 0 Å². The number of rotatable bonds is 8. The van der Waals surface area contributed by atoms with Gasteiger partial charge in [-0.3, -0.25) is 9.59 Å². The lowest BCUT2D eigenvalue weighted by Crippen LogP contribution is -2.47. The van der Waals surface area contributed by atoms with E-state index in [1.165, 1.54) is 6.07 Å². The largest absolute Gasteiger partial charge is 0.465 e. The van der Waals surface area contributed by atoms with Crippen LogP contribution in [0.25, 0.3) is 0 Å². The zero-order valence-corrected chi connectivity index (χ0v) is 16.2. The van der Waals surface area contributed by atoms with Gasteiger partial charge in [0.2, 0.25) is 5.91 Å². The van der Waals surface area contributed by atoms with Crippen molar-refractivity contribution in [1.82, 2.24) is 15.5 Å².